The maximum atomic E-state index is 12.5. The molecule has 0 aliphatic carbocycles. The Morgan fingerprint density at radius 3 is 2.55 bits per heavy atom. The van der Waals surface area contributed by atoms with Crippen LogP contribution in [0.3, 0.4) is 0 Å². The molecule has 29 heavy (non-hydrogen) atoms. The first-order valence-electron chi connectivity index (χ1n) is 9.13. The van der Waals surface area contributed by atoms with Gasteiger partial charge in [-0.2, -0.15) is 0 Å². The number of Topliss-reactive ketones (excluding diaryl/α,β-unsaturated/α-hetero) is 1. The first kappa shape index (κ1) is 22.7. The summed E-state index contributed by atoms with van der Waals surface area (Å²) in [5, 5.41) is 3.06. The van der Waals surface area contributed by atoms with E-state index < -0.39 is 13.0 Å². The molecule has 156 valence electrons. The van der Waals surface area contributed by atoms with E-state index >= 15 is 0 Å². The van der Waals surface area contributed by atoms with Crippen LogP contribution in [0, 0.1) is 12.8 Å². The Hall–Kier alpha value is -2.54. The van der Waals surface area contributed by atoms with E-state index in [4.69, 9.17) is 16.3 Å². The zero-order valence-corrected chi connectivity index (χ0v) is 17.2. The zero-order valence-electron chi connectivity index (χ0n) is 16.5. The van der Waals surface area contributed by atoms with Crippen molar-refractivity contribution in [2.75, 3.05) is 6.61 Å². The number of carbonyl (C=O) groups is 2. The Labute approximate surface area is 173 Å². The molecular formula is C21H23ClF2N2O3. The van der Waals surface area contributed by atoms with E-state index in [0.29, 0.717) is 27.5 Å². The van der Waals surface area contributed by atoms with Crippen molar-refractivity contribution in [1.29, 1.82) is 0 Å². The van der Waals surface area contributed by atoms with E-state index in [1.807, 2.05) is 13.8 Å². The van der Waals surface area contributed by atoms with Gasteiger partial charge >= 0.3 is 0 Å². The lowest BCUT2D eigenvalue weighted by molar-refractivity contribution is -0.121. The predicted molar refractivity (Wildman–Crippen MR) is 107 cm³/mol. The van der Waals surface area contributed by atoms with Gasteiger partial charge in [0, 0.05) is 40.9 Å². The van der Waals surface area contributed by atoms with Gasteiger partial charge in [-0.05, 0) is 36.8 Å². The number of carbonyl (C=O) groups excluding carboxylic acids is 2. The van der Waals surface area contributed by atoms with Crippen molar-refractivity contribution >= 4 is 23.3 Å². The molecule has 2 rings (SSSR count). The highest BCUT2D eigenvalue weighted by molar-refractivity contribution is 6.31. The second-order valence-electron chi connectivity index (χ2n) is 6.92. The number of alkyl halides is 2. The number of hydrogen-bond acceptors (Lipinski definition) is 4. The van der Waals surface area contributed by atoms with Crippen LogP contribution < -0.4 is 10.1 Å². The highest BCUT2D eigenvalue weighted by Crippen LogP contribution is 2.23. The molecule has 0 aliphatic rings. The second kappa shape index (κ2) is 10.3. The second-order valence-corrected chi connectivity index (χ2v) is 7.33. The van der Waals surface area contributed by atoms with Crippen LogP contribution in [0.2, 0.25) is 5.02 Å². The normalized spacial score (nSPS) is 11.0. The highest BCUT2D eigenvalue weighted by Gasteiger charge is 2.14. The third kappa shape index (κ3) is 7.09. The molecule has 1 aromatic heterocycles. The minimum atomic E-state index is -2.57. The van der Waals surface area contributed by atoms with Crippen LogP contribution in [0.4, 0.5) is 8.78 Å². The van der Waals surface area contributed by atoms with Gasteiger partial charge in [-0.3, -0.25) is 14.6 Å². The van der Waals surface area contributed by atoms with Crippen molar-refractivity contribution < 1.29 is 23.1 Å². The van der Waals surface area contributed by atoms with Crippen LogP contribution in [-0.4, -0.2) is 29.7 Å². The molecule has 1 aromatic carbocycles. The van der Waals surface area contributed by atoms with Crippen LogP contribution in [-0.2, 0) is 17.8 Å². The van der Waals surface area contributed by atoms with Gasteiger partial charge in [-0.1, -0.05) is 31.5 Å². The van der Waals surface area contributed by atoms with Gasteiger partial charge in [0.15, 0.2) is 0 Å². The number of ketones is 1. The van der Waals surface area contributed by atoms with E-state index in [1.165, 1.54) is 12.1 Å². The van der Waals surface area contributed by atoms with Gasteiger partial charge in [0.05, 0.1) is 0 Å². The molecule has 0 spiro atoms. The SMILES string of the molecule is Cc1cc(C(=O)NCc2ccc(OCC(F)F)cc2Cl)cc(CC(=O)C(C)C)n1. The summed E-state index contributed by atoms with van der Waals surface area (Å²) in [6, 6.07) is 7.79. The maximum absolute atomic E-state index is 12.5. The molecule has 1 N–H and O–H groups in total. The fraction of sp³-hybridized carbons (Fsp3) is 0.381. The molecule has 2 aromatic rings. The number of ether oxygens (including phenoxy) is 1. The molecule has 1 heterocycles. The van der Waals surface area contributed by atoms with Crippen LogP contribution in [0.5, 0.6) is 5.75 Å². The summed E-state index contributed by atoms with van der Waals surface area (Å²) in [4.78, 5) is 28.8. The van der Waals surface area contributed by atoms with Gasteiger partial charge in [-0.15, -0.1) is 0 Å². The van der Waals surface area contributed by atoms with E-state index in [9.17, 15) is 18.4 Å². The lowest BCUT2D eigenvalue weighted by Gasteiger charge is -2.11. The molecule has 0 fully saturated rings. The third-order valence-electron chi connectivity index (χ3n) is 4.11. The minimum absolute atomic E-state index is 0.0513. The molecule has 8 heteroatoms. The first-order chi connectivity index (χ1) is 13.7. The Morgan fingerprint density at radius 2 is 1.93 bits per heavy atom. The number of halogens is 3. The van der Waals surface area contributed by atoms with Crippen molar-refractivity contribution in [3.05, 3.63) is 57.9 Å². The smallest absolute Gasteiger partial charge is 0.272 e. The Bertz CT molecular complexity index is 888. The van der Waals surface area contributed by atoms with Crippen molar-refractivity contribution in [1.82, 2.24) is 10.3 Å². The summed E-state index contributed by atoms with van der Waals surface area (Å²) in [5.74, 6) is -0.155. The number of pyridine rings is 1. The van der Waals surface area contributed by atoms with E-state index in [0.717, 1.165) is 0 Å². The highest BCUT2D eigenvalue weighted by atomic mass is 35.5. The maximum Gasteiger partial charge on any atom is 0.272 e. The number of amides is 1. The predicted octanol–water partition coefficient (Wildman–Crippen LogP) is 4.38. The lowest BCUT2D eigenvalue weighted by Crippen LogP contribution is -2.23. The largest absolute Gasteiger partial charge is 0.488 e. The van der Waals surface area contributed by atoms with E-state index in [2.05, 4.69) is 10.3 Å². The summed E-state index contributed by atoms with van der Waals surface area (Å²) in [6.45, 7) is 4.83. The van der Waals surface area contributed by atoms with E-state index in [-0.39, 0.29) is 36.3 Å². The quantitative estimate of drug-likeness (QED) is 0.648. The summed E-state index contributed by atoms with van der Waals surface area (Å²) in [5.41, 5.74) is 2.21. The Kier molecular flexibility index (Phi) is 8.08. The molecule has 0 atom stereocenters. The number of nitrogens with one attached hydrogen (secondary N) is 1. The molecule has 0 saturated carbocycles. The average Bonchev–Trinajstić information content (AvgIpc) is 2.64. The molecule has 0 radical (unpaired) electrons. The lowest BCUT2D eigenvalue weighted by atomic mass is 10.0. The van der Waals surface area contributed by atoms with Crippen molar-refractivity contribution in [2.24, 2.45) is 5.92 Å². The van der Waals surface area contributed by atoms with Crippen LogP contribution in [0.15, 0.2) is 30.3 Å². The number of benzene rings is 1. The van der Waals surface area contributed by atoms with Crippen LogP contribution in [0.25, 0.3) is 0 Å². The fourth-order valence-electron chi connectivity index (χ4n) is 2.54. The average molecular weight is 425 g/mol. The summed E-state index contributed by atoms with van der Waals surface area (Å²) >= 11 is 6.15. The summed E-state index contributed by atoms with van der Waals surface area (Å²) in [7, 11) is 0. The Balaban J connectivity index is 2.03. The number of aryl methyl sites for hydroxylation is 1. The molecule has 0 unspecified atom stereocenters. The molecule has 5 nitrogen and oxygen atoms in total. The van der Waals surface area contributed by atoms with Crippen molar-refractivity contribution in [3.8, 4) is 5.75 Å². The summed E-state index contributed by atoms with van der Waals surface area (Å²) < 4.78 is 29.3. The van der Waals surface area contributed by atoms with Gasteiger partial charge in [-0.25, -0.2) is 8.78 Å². The minimum Gasteiger partial charge on any atom is -0.488 e. The first-order valence-corrected chi connectivity index (χ1v) is 9.51. The molecule has 0 saturated heterocycles. The molecule has 0 bridgehead atoms. The number of nitrogens with zero attached hydrogens (tertiary/aromatic N) is 1. The molecular weight excluding hydrogens is 402 g/mol. The molecule has 0 aliphatic heterocycles. The Morgan fingerprint density at radius 1 is 1.21 bits per heavy atom. The van der Waals surface area contributed by atoms with Gasteiger partial charge in [0.2, 0.25) is 0 Å². The van der Waals surface area contributed by atoms with Gasteiger partial charge < -0.3 is 10.1 Å². The van der Waals surface area contributed by atoms with Crippen LogP contribution >= 0.6 is 11.6 Å². The van der Waals surface area contributed by atoms with Gasteiger partial charge in [0.1, 0.15) is 18.1 Å². The summed E-state index contributed by atoms with van der Waals surface area (Å²) in [6.07, 6.45) is -2.40. The monoisotopic (exact) mass is 424 g/mol. The number of aromatic nitrogens is 1. The zero-order chi connectivity index (χ0) is 21.6. The standard InChI is InChI=1S/C21H23ClF2N2O3/c1-12(2)19(27)8-16-7-15(6-13(3)26-16)21(28)25-10-14-4-5-17(9-18(14)22)29-11-20(23)24/h4-7,9,12,20H,8,10-11H2,1-3H3,(H,25,28). The number of rotatable bonds is 9. The van der Waals surface area contributed by atoms with Crippen LogP contribution in [0.1, 0.15) is 41.2 Å². The van der Waals surface area contributed by atoms with Crippen molar-refractivity contribution in [3.63, 3.8) is 0 Å². The topological polar surface area (TPSA) is 68.3 Å². The fourth-order valence-corrected chi connectivity index (χ4v) is 2.78. The molecule has 1 amide bonds. The van der Waals surface area contributed by atoms with Crippen molar-refractivity contribution in [2.45, 2.75) is 40.2 Å². The van der Waals surface area contributed by atoms with E-state index in [1.54, 1.807) is 25.1 Å². The number of hydrogen-bond donors (Lipinski definition) is 1. The third-order valence-corrected chi connectivity index (χ3v) is 4.46. The van der Waals surface area contributed by atoms with Gasteiger partial charge in [0.25, 0.3) is 12.3 Å².